The average molecular weight is 304 g/mol. The number of aliphatic imine (C=N–C) groups is 1. The Hall–Kier alpha value is -2.33. The molecule has 0 spiro atoms. The van der Waals surface area contributed by atoms with Crippen molar-refractivity contribution < 1.29 is 14.3 Å². The molecule has 4 nitrogen and oxygen atoms in total. The second kappa shape index (κ2) is 6.90. The summed E-state index contributed by atoms with van der Waals surface area (Å²) in [7, 11) is 2.90. The molecule has 2 aromatic rings. The highest BCUT2D eigenvalue weighted by Crippen LogP contribution is 2.20. The summed E-state index contributed by atoms with van der Waals surface area (Å²) in [5.74, 6) is 0.199. The summed E-state index contributed by atoms with van der Waals surface area (Å²) in [5.41, 5.74) is 1.42. The third kappa shape index (κ3) is 3.83. The highest BCUT2D eigenvalue weighted by molar-refractivity contribution is 6.44. The zero-order valence-electron chi connectivity index (χ0n) is 11.7. The number of esters is 1. The summed E-state index contributed by atoms with van der Waals surface area (Å²) in [5, 5.41) is 0.527. The molecule has 0 amide bonds. The van der Waals surface area contributed by atoms with E-state index in [0.717, 1.165) is 5.75 Å². The molecule has 108 valence electrons. The highest BCUT2D eigenvalue weighted by Gasteiger charge is 2.15. The first kappa shape index (κ1) is 15.1. The molecule has 0 aliphatic rings. The summed E-state index contributed by atoms with van der Waals surface area (Å²) in [6, 6.07) is 14.0. The lowest BCUT2D eigenvalue weighted by atomic mass is 10.1. The quantitative estimate of drug-likeness (QED) is 0.640. The summed E-state index contributed by atoms with van der Waals surface area (Å²) in [6.07, 6.45) is 0. The molecule has 21 heavy (non-hydrogen) atoms. The van der Waals surface area contributed by atoms with Crippen molar-refractivity contribution in [3.8, 4) is 5.75 Å². The average Bonchev–Trinajstić information content (AvgIpc) is 2.52. The normalized spacial score (nSPS) is 11.1. The van der Waals surface area contributed by atoms with Gasteiger partial charge in [0.1, 0.15) is 5.75 Å². The zero-order valence-corrected chi connectivity index (χ0v) is 12.4. The number of halogens is 1. The molecule has 0 radical (unpaired) electrons. The van der Waals surface area contributed by atoms with Gasteiger partial charge in [0.05, 0.1) is 19.9 Å². The number of hydrogen-bond acceptors (Lipinski definition) is 4. The van der Waals surface area contributed by atoms with Crippen LogP contribution in [-0.2, 0) is 9.53 Å². The van der Waals surface area contributed by atoms with Crippen molar-refractivity contribution in [1.29, 1.82) is 0 Å². The maximum Gasteiger partial charge on any atom is 0.357 e. The Kier molecular flexibility index (Phi) is 4.95. The molecule has 0 saturated carbocycles. The van der Waals surface area contributed by atoms with Crippen LogP contribution in [0.4, 0.5) is 5.69 Å². The van der Waals surface area contributed by atoms with Gasteiger partial charge in [-0.15, -0.1) is 0 Å². The number of rotatable bonds is 4. The zero-order chi connectivity index (χ0) is 15.2. The number of nitrogens with zero attached hydrogens (tertiary/aromatic N) is 1. The fourth-order valence-electron chi connectivity index (χ4n) is 1.75. The van der Waals surface area contributed by atoms with Gasteiger partial charge in [-0.2, -0.15) is 0 Å². The van der Waals surface area contributed by atoms with Gasteiger partial charge < -0.3 is 9.47 Å². The van der Waals surface area contributed by atoms with Crippen molar-refractivity contribution >= 4 is 29.0 Å². The predicted molar refractivity (Wildman–Crippen MR) is 82.7 cm³/mol. The number of carbonyl (C=O) groups is 1. The Labute approximate surface area is 128 Å². The smallest absolute Gasteiger partial charge is 0.357 e. The number of hydrogen-bond donors (Lipinski definition) is 0. The molecule has 2 rings (SSSR count). The molecule has 0 aliphatic heterocycles. The van der Waals surface area contributed by atoms with Crippen LogP contribution in [0.2, 0.25) is 5.02 Å². The molecule has 0 N–H and O–H groups in total. The second-order valence-electron chi connectivity index (χ2n) is 4.16. The van der Waals surface area contributed by atoms with Crippen LogP contribution in [0.15, 0.2) is 53.5 Å². The number of benzene rings is 2. The summed E-state index contributed by atoms with van der Waals surface area (Å²) in [6.45, 7) is 0. The first-order valence-electron chi connectivity index (χ1n) is 6.21. The molecule has 0 saturated heterocycles. The topological polar surface area (TPSA) is 47.9 Å². The number of methoxy groups -OCH3 is 2. The lowest BCUT2D eigenvalue weighted by Gasteiger charge is -2.06. The number of ether oxygens (including phenoxy) is 2. The van der Waals surface area contributed by atoms with E-state index in [2.05, 4.69) is 4.99 Å². The Balaban J connectivity index is 2.44. The van der Waals surface area contributed by atoms with Crippen LogP contribution < -0.4 is 4.74 Å². The lowest BCUT2D eigenvalue weighted by Crippen LogP contribution is -2.16. The first-order chi connectivity index (χ1) is 10.1. The lowest BCUT2D eigenvalue weighted by molar-refractivity contribution is -0.132. The van der Waals surface area contributed by atoms with Gasteiger partial charge in [-0.25, -0.2) is 9.79 Å². The van der Waals surface area contributed by atoms with Gasteiger partial charge in [0, 0.05) is 10.6 Å². The van der Waals surface area contributed by atoms with Gasteiger partial charge in [0.2, 0.25) is 0 Å². The van der Waals surface area contributed by atoms with Crippen LogP contribution in [0.5, 0.6) is 5.75 Å². The fraction of sp³-hybridized carbons (Fsp3) is 0.125. The molecular formula is C16H14ClNO3. The molecule has 2 aromatic carbocycles. The summed E-state index contributed by atoms with van der Waals surface area (Å²) >= 11 is 5.96. The monoisotopic (exact) mass is 303 g/mol. The van der Waals surface area contributed by atoms with Gasteiger partial charge in [-0.3, -0.25) is 0 Å². The van der Waals surface area contributed by atoms with Crippen molar-refractivity contribution in [2.24, 2.45) is 4.99 Å². The summed E-state index contributed by atoms with van der Waals surface area (Å²) < 4.78 is 9.87. The first-order valence-corrected chi connectivity index (χ1v) is 6.59. The summed E-state index contributed by atoms with van der Waals surface area (Å²) in [4.78, 5) is 16.3. The van der Waals surface area contributed by atoms with E-state index in [4.69, 9.17) is 21.1 Å². The van der Waals surface area contributed by atoms with Crippen LogP contribution in [0.1, 0.15) is 5.56 Å². The molecule has 0 aromatic heterocycles. The van der Waals surface area contributed by atoms with E-state index in [9.17, 15) is 4.79 Å². The third-order valence-electron chi connectivity index (χ3n) is 2.79. The maximum absolute atomic E-state index is 11.9. The van der Waals surface area contributed by atoms with E-state index < -0.39 is 5.97 Å². The minimum Gasteiger partial charge on any atom is -0.497 e. The molecule has 0 unspecified atom stereocenters. The molecule has 0 aliphatic carbocycles. The van der Waals surface area contributed by atoms with E-state index in [1.54, 1.807) is 55.6 Å². The van der Waals surface area contributed by atoms with Crippen molar-refractivity contribution in [3.63, 3.8) is 0 Å². The minimum atomic E-state index is -0.520. The van der Waals surface area contributed by atoms with Gasteiger partial charge in [-0.1, -0.05) is 23.7 Å². The number of carbonyl (C=O) groups excluding carboxylic acids is 1. The minimum absolute atomic E-state index is 0.199. The maximum atomic E-state index is 11.9. The fourth-order valence-corrected chi connectivity index (χ4v) is 1.94. The molecule has 0 bridgehead atoms. The van der Waals surface area contributed by atoms with Crippen molar-refractivity contribution in [2.45, 2.75) is 0 Å². The molecule has 0 atom stereocenters. The second-order valence-corrected chi connectivity index (χ2v) is 4.60. The van der Waals surface area contributed by atoms with Gasteiger partial charge in [-0.05, 0) is 36.4 Å². The van der Waals surface area contributed by atoms with E-state index in [-0.39, 0.29) is 5.71 Å². The van der Waals surface area contributed by atoms with E-state index in [0.29, 0.717) is 16.3 Å². The largest absolute Gasteiger partial charge is 0.497 e. The van der Waals surface area contributed by atoms with Crippen LogP contribution in [0.25, 0.3) is 0 Å². The van der Waals surface area contributed by atoms with Gasteiger partial charge in [0.25, 0.3) is 0 Å². The van der Waals surface area contributed by atoms with Crippen molar-refractivity contribution in [3.05, 3.63) is 59.1 Å². The molecule has 5 heteroatoms. The predicted octanol–water partition coefficient (Wildman–Crippen LogP) is 3.64. The van der Waals surface area contributed by atoms with Gasteiger partial charge >= 0.3 is 5.97 Å². The Morgan fingerprint density at radius 1 is 1.10 bits per heavy atom. The van der Waals surface area contributed by atoms with E-state index in [1.807, 2.05) is 0 Å². The Morgan fingerprint density at radius 2 is 1.81 bits per heavy atom. The molecular weight excluding hydrogens is 290 g/mol. The standard InChI is InChI=1S/C16H14ClNO3/c1-20-14-8-6-13(7-9-14)18-15(16(19)21-2)11-4-3-5-12(17)10-11/h3-10H,1-2H3. The van der Waals surface area contributed by atoms with Crippen LogP contribution in [0, 0.1) is 0 Å². The van der Waals surface area contributed by atoms with E-state index >= 15 is 0 Å². The van der Waals surface area contributed by atoms with Crippen molar-refractivity contribution in [1.82, 2.24) is 0 Å². The van der Waals surface area contributed by atoms with E-state index in [1.165, 1.54) is 7.11 Å². The van der Waals surface area contributed by atoms with Crippen LogP contribution >= 0.6 is 11.6 Å². The SMILES string of the molecule is COC(=O)C(=Nc1ccc(OC)cc1)c1cccc(Cl)c1. The van der Waals surface area contributed by atoms with Crippen LogP contribution in [0.3, 0.4) is 0 Å². The van der Waals surface area contributed by atoms with Crippen molar-refractivity contribution in [2.75, 3.05) is 14.2 Å². The molecule has 0 heterocycles. The Bertz CT molecular complexity index is 665. The third-order valence-corrected chi connectivity index (χ3v) is 3.03. The highest BCUT2D eigenvalue weighted by atomic mass is 35.5. The molecule has 0 fully saturated rings. The van der Waals surface area contributed by atoms with Gasteiger partial charge in [0.15, 0.2) is 5.71 Å². The Morgan fingerprint density at radius 3 is 2.38 bits per heavy atom. The van der Waals surface area contributed by atoms with Crippen LogP contribution in [-0.4, -0.2) is 25.9 Å².